The highest BCUT2D eigenvalue weighted by atomic mass is 32.1. The quantitative estimate of drug-likeness (QED) is 0.138. The number of thiazole rings is 1. The van der Waals surface area contributed by atoms with Gasteiger partial charge in [-0.3, -0.25) is 4.90 Å². The molecular weight excluding hydrogens is 773 g/mol. The van der Waals surface area contributed by atoms with Crippen LogP contribution in [0.2, 0.25) is 0 Å². The van der Waals surface area contributed by atoms with Gasteiger partial charge in [-0.1, -0.05) is 179 Å². The largest absolute Gasteiger partial charge is 0.278 e. The van der Waals surface area contributed by atoms with Crippen LogP contribution in [0.5, 0.6) is 0 Å². The molecular formula is C57H46N4S. The minimum atomic E-state index is 0.395. The Hall–Kier alpha value is -7.21. The van der Waals surface area contributed by atoms with Gasteiger partial charge in [0.1, 0.15) is 16.6 Å². The van der Waals surface area contributed by atoms with E-state index in [0.717, 1.165) is 66.7 Å². The Morgan fingerprint density at radius 1 is 0.435 bits per heavy atom. The molecule has 62 heavy (non-hydrogen) atoms. The lowest BCUT2D eigenvalue weighted by Gasteiger charge is -2.25. The van der Waals surface area contributed by atoms with Crippen molar-refractivity contribution in [2.45, 2.75) is 39.5 Å². The molecule has 10 aromatic rings. The van der Waals surface area contributed by atoms with E-state index >= 15 is 0 Å². The summed E-state index contributed by atoms with van der Waals surface area (Å²) in [5.41, 5.74) is 14.6. The van der Waals surface area contributed by atoms with Crippen molar-refractivity contribution >= 4 is 49.6 Å². The van der Waals surface area contributed by atoms with Crippen LogP contribution < -0.4 is 4.90 Å². The van der Waals surface area contributed by atoms with E-state index in [4.69, 9.17) is 15.0 Å². The summed E-state index contributed by atoms with van der Waals surface area (Å²) in [4.78, 5) is 18.2. The zero-order chi connectivity index (χ0) is 42.2. The van der Waals surface area contributed by atoms with Crippen molar-refractivity contribution in [1.82, 2.24) is 15.0 Å². The fraction of sp³-hybridized carbons (Fsp3) is 0.105. The van der Waals surface area contributed by atoms with Gasteiger partial charge in [-0.25, -0.2) is 15.0 Å². The van der Waals surface area contributed by atoms with Crippen molar-refractivity contribution in [3.63, 3.8) is 0 Å². The molecule has 0 aliphatic carbocycles. The molecule has 0 atom stereocenters. The smallest absolute Gasteiger partial charge is 0.139 e. The summed E-state index contributed by atoms with van der Waals surface area (Å²) in [5.74, 6) is 2.35. The fourth-order valence-corrected chi connectivity index (χ4v) is 9.64. The van der Waals surface area contributed by atoms with Crippen molar-refractivity contribution in [3.8, 4) is 55.3 Å². The van der Waals surface area contributed by atoms with E-state index in [1.807, 2.05) is 0 Å². The number of aromatic nitrogens is 3. The average molecular weight is 819 g/mol. The van der Waals surface area contributed by atoms with E-state index in [1.165, 1.54) is 38.1 Å². The van der Waals surface area contributed by atoms with Crippen molar-refractivity contribution in [3.05, 3.63) is 205 Å². The van der Waals surface area contributed by atoms with Crippen LogP contribution in [-0.4, -0.2) is 15.0 Å². The summed E-state index contributed by atoms with van der Waals surface area (Å²) in [5, 5.41) is 3.35. The van der Waals surface area contributed by atoms with E-state index < -0.39 is 0 Å². The number of benzene rings is 7. The molecule has 0 aliphatic heterocycles. The summed E-state index contributed by atoms with van der Waals surface area (Å²) >= 11 is 1.77. The van der Waals surface area contributed by atoms with Gasteiger partial charge in [0, 0.05) is 22.1 Å². The van der Waals surface area contributed by atoms with Crippen LogP contribution in [0.15, 0.2) is 194 Å². The van der Waals surface area contributed by atoms with Gasteiger partial charge >= 0.3 is 0 Å². The monoisotopic (exact) mass is 818 g/mol. The maximum Gasteiger partial charge on any atom is 0.139 e. The van der Waals surface area contributed by atoms with Crippen LogP contribution in [-0.2, 0) is 0 Å². The van der Waals surface area contributed by atoms with Crippen molar-refractivity contribution in [2.24, 2.45) is 0 Å². The first-order valence-electron chi connectivity index (χ1n) is 21.4. The molecule has 0 spiro atoms. The van der Waals surface area contributed by atoms with Crippen LogP contribution in [0.1, 0.15) is 50.7 Å². The Balaban J connectivity index is 1.04. The minimum absolute atomic E-state index is 0.395. The van der Waals surface area contributed by atoms with Gasteiger partial charge in [0.2, 0.25) is 0 Å². The number of fused-ring (bicyclic) bond motifs is 2. The molecule has 10 rings (SSSR count). The molecule has 4 nitrogen and oxygen atoms in total. The maximum atomic E-state index is 5.39. The van der Waals surface area contributed by atoms with Crippen LogP contribution in [0.25, 0.3) is 76.3 Å². The topological polar surface area (TPSA) is 41.9 Å². The zero-order valence-corrected chi connectivity index (χ0v) is 36.1. The molecule has 3 aromatic heterocycles. The molecule has 5 heteroatoms. The zero-order valence-electron chi connectivity index (χ0n) is 35.3. The van der Waals surface area contributed by atoms with E-state index in [9.17, 15) is 0 Å². The first-order valence-corrected chi connectivity index (χ1v) is 22.2. The summed E-state index contributed by atoms with van der Waals surface area (Å²) in [6.45, 7) is 9.08. The predicted molar refractivity (Wildman–Crippen MR) is 263 cm³/mol. The Morgan fingerprint density at radius 3 is 1.65 bits per heavy atom. The maximum absolute atomic E-state index is 5.39. The predicted octanol–water partition coefficient (Wildman–Crippen LogP) is 16.3. The molecule has 0 aliphatic rings. The molecule has 0 fully saturated rings. The summed E-state index contributed by atoms with van der Waals surface area (Å²) < 4.78 is 1.17. The highest BCUT2D eigenvalue weighted by Gasteiger charge is 2.21. The lowest BCUT2D eigenvalue weighted by atomic mass is 9.89. The lowest BCUT2D eigenvalue weighted by molar-refractivity contribution is 0.838. The first-order chi connectivity index (χ1) is 30.4. The van der Waals surface area contributed by atoms with E-state index in [1.54, 1.807) is 11.3 Å². The van der Waals surface area contributed by atoms with Gasteiger partial charge < -0.3 is 0 Å². The SMILES string of the molecule is CC(C)c1cccc(C(C)C)c1-c1nc2cc(-c3cccc(N(c4cccc(-c5ccc(-c6ccccc6-c6ccccc6)cc5)n4)c4cccc5ccccc45)n3)ccc2s1. The summed E-state index contributed by atoms with van der Waals surface area (Å²) in [6.07, 6.45) is 0. The van der Waals surface area contributed by atoms with Crippen LogP contribution in [0, 0.1) is 0 Å². The number of nitrogens with zero attached hydrogens (tertiary/aromatic N) is 4. The molecule has 0 saturated carbocycles. The third-order valence-corrected chi connectivity index (χ3v) is 12.8. The minimum Gasteiger partial charge on any atom is -0.278 e. The summed E-state index contributed by atoms with van der Waals surface area (Å²) in [6, 6.07) is 68.7. The van der Waals surface area contributed by atoms with Gasteiger partial charge in [0.15, 0.2) is 0 Å². The second-order valence-electron chi connectivity index (χ2n) is 16.4. The van der Waals surface area contributed by atoms with Crippen LogP contribution >= 0.6 is 11.3 Å². The molecule has 7 aromatic carbocycles. The Morgan fingerprint density at radius 2 is 0.968 bits per heavy atom. The highest BCUT2D eigenvalue weighted by Crippen LogP contribution is 2.42. The molecule has 0 N–H and O–H groups in total. The fourth-order valence-electron chi connectivity index (χ4n) is 8.60. The van der Waals surface area contributed by atoms with Crippen molar-refractivity contribution in [2.75, 3.05) is 4.90 Å². The van der Waals surface area contributed by atoms with E-state index in [0.29, 0.717) is 11.8 Å². The molecule has 3 heterocycles. The molecule has 0 bridgehead atoms. The van der Waals surface area contributed by atoms with Gasteiger partial charge in [-0.15, -0.1) is 11.3 Å². The van der Waals surface area contributed by atoms with E-state index in [2.05, 4.69) is 227 Å². The normalized spacial score (nSPS) is 11.5. The second kappa shape index (κ2) is 16.7. The Labute approximate surface area is 367 Å². The molecule has 0 amide bonds. The molecule has 0 radical (unpaired) electrons. The van der Waals surface area contributed by atoms with Gasteiger partial charge in [0.25, 0.3) is 0 Å². The molecule has 300 valence electrons. The Bertz CT molecular complexity index is 3170. The number of hydrogen-bond donors (Lipinski definition) is 0. The third kappa shape index (κ3) is 7.46. The van der Waals surface area contributed by atoms with Gasteiger partial charge in [0.05, 0.1) is 27.3 Å². The van der Waals surface area contributed by atoms with E-state index in [-0.39, 0.29) is 0 Å². The number of hydrogen-bond acceptors (Lipinski definition) is 5. The van der Waals surface area contributed by atoms with Crippen molar-refractivity contribution in [1.29, 1.82) is 0 Å². The molecule has 0 unspecified atom stereocenters. The highest BCUT2D eigenvalue weighted by molar-refractivity contribution is 7.21. The standard InChI is InChI=1S/C57H46N4S/c1-37(2)44-23-13-24-45(38(3)4)56(44)57-60-51-36-43(34-35-53(51)62-57)50-26-15-29-55(59-50)61(52-27-12-19-40-18-8-9-22-48(40)52)54-28-14-25-49(58-54)42-32-30-41(31-33-42)47-21-11-10-20-46(47)39-16-6-5-7-17-39/h5-38H,1-4H3. The lowest BCUT2D eigenvalue weighted by Crippen LogP contribution is -2.14. The second-order valence-corrected chi connectivity index (χ2v) is 17.4. The first kappa shape index (κ1) is 39.0. The third-order valence-electron chi connectivity index (χ3n) is 11.7. The van der Waals surface area contributed by atoms with Crippen LogP contribution in [0.4, 0.5) is 17.3 Å². The average Bonchev–Trinajstić information content (AvgIpc) is 3.75. The number of pyridine rings is 2. The van der Waals surface area contributed by atoms with Gasteiger partial charge in [-0.2, -0.15) is 0 Å². The van der Waals surface area contributed by atoms with Crippen LogP contribution in [0.3, 0.4) is 0 Å². The van der Waals surface area contributed by atoms with Gasteiger partial charge in [-0.05, 0) is 93.1 Å². The Kier molecular flexibility index (Phi) is 10.5. The number of anilines is 3. The van der Waals surface area contributed by atoms with Crippen molar-refractivity contribution < 1.29 is 0 Å². The summed E-state index contributed by atoms with van der Waals surface area (Å²) in [7, 11) is 0. The number of rotatable bonds is 10. The molecule has 0 saturated heterocycles.